The van der Waals surface area contributed by atoms with Gasteiger partial charge in [-0.05, 0) is 36.1 Å². The highest BCUT2D eigenvalue weighted by molar-refractivity contribution is 7.80. The molecule has 0 bridgehead atoms. The van der Waals surface area contributed by atoms with E-state index in [4.69, 9.17) is 18.0 Å². The van der Waals surface area contributed by atoms with E-state index in [0.29, 0.717) is 5.92 Å². The molecule has 0 saturated heterocycles. The molecule has 1 atom stereocenters. The Labute approximate surface area is 130 Å². The third kappa shape index (κ3) is 4.26. The van der Waals surface area contributed by atoms with Gasteiger partial charge in [-0.2, -0.15) is 0 Å². The van der Waals surface area contributed by atoms with Crippen molar-refractivity contribution in [1.82, 2.24) is 0 Å². The van der Waals surface area contributed by atoms with Gasteiger partial charge < -0.3 is 11.1 Å². The Bertz CT molecular complexity index is 613. The molecule has 110 valence electrons. The number of thiocarbonyl (C=S) groups is 1. The second-order valence-corrected chi connectivity index (χ2v) is 5.53. The molecule has 2 aromatic carbocycles. The van der Waals surface area contributed by atoms with Crippen molar-refractivity contribution in [2.24, 2.45) is 5.73 Å². The molecule has 0 amide bonds. The largest absolute Gasteiger partial charge is 0.389 e. The molecule has 21 heavy (non-hydrogen) atoms. The van der Waals surface area contributed by atoms with Gasteiger partial charge in [-0.25, -0.2) is 4.39 Å². The van der Waals surface area contributed by atoms with E-state index in [9.17, 15) is 4.39 Å². The fourth-order valence-corrected chi connectivity index (χ4v) is 2.37. The Balaban J connectivity index is 1.89. The van der Waals surface area contributed by atoms with Crippen LogP contribution in [0.2, 0.25) is 0 Å². The predicted octanol–water partition coefficient (Wildman–Crippen LogP) is 4.07. The molecule has 0 fully saturated rings. The van der Waals surface area contributed by atoms with E-state index in [0.717, 1.165) is 18.7 Å². The van der Waals surface area contributed by atoms with E-state index in [-0.39, 0.29) is 16.4 Å². The maximum absolute atomic E-state index is 13.7. The summed E-state index contributed by atoms with van der Waals surface area (Å²) >= 11 is 4.79. The minimum atomic E-state index is -0.386. The van der Waals surface area contributed by atoms with E-state index in [1.807, 2.05) is 18.2 Å². The molecule has 0 radical (unpaired) electrons. The lowest BCUT2D eigenvalue weighted by Crippen LogP contribution is -2.12. The minimum absolute atomic E-state index is 0.0803. The highest BCUT2D eigenvalue weighted by atomic mass is 32.1. The molecule has 3 N–H and O–H groups in total. The Morgan fingerprint density at radius 2 is 1.95 bits per heavy atom. The summed E-state index contributed by atoms with van der Waals surface area (Å²) in [7, 11) is 0. The highest BCUT2D eigenvalue weighted by Crippen LogP contribution is 2.19. The normalized spacial score (nSPS) is 11.9. The molecule has 2 nitrogen and oxygen atoms in total. The number of benzene rings is 2. The Kier molecular flexibility index (Phi) is 5.28. The lowest BCUT2D eigenvalue weighted by Gasteiger charge is -2.13. The van der Waals surface area contributed by atoms with Crippen molar-refractivity contribution in [3.63, 3.8) is 0 Å². The van der Waals surface area contributed by atoms with Crippen LogP contribution in [0.3, 0.4) is 0 Å². The Morgan fingerprint density at radius 3 is 2.57 bits per heavy atom. The number of anilines is 1. The van der Waals surface area contributed by atoms with Crippen LogP contribution in [0.1, 0.15) is 30.4 Å². The van der Waals surface area contributed by atoms with Crippen LogP contribution in [0.5, 0.6) is 0 Å². The van der Waals surface area contributed by atoms with Crippen LogP contribution in [0, 0.1) is 5.82 Å². The number of nitrogens with one attached hydrogen (secondary N) is 1. The molecule has 0 heterocycles. The lowest BCUT2D eigenvalue weighted by molar-refractivity contribution is 0.625. The van der Waals surface area contributed by atoms with Crippen LogP contribution in [-0.2, 0) is 0 Å². The first-order valence-electron chi connectivity index (χ1n) is 6.96. The second-order valence-electron chi connectivity index (χ2n) is 5.09. The maximum Gasteiger partial charge on any atom is 0.135 e. The van der Waals surface area contributed by atoms with Crippen molar-refractivity contribution < 1.29 is 4.39 Å². The number of hydrogen-bond acceptors (Lipinski definition) is 2. The molecule has 0 aliphatic carbocycles. The van der Waals surface area contributed by atoms with Gasteiger partial charge in [0.15, 0.2) is 0 Å². The van der Waals surface area contributed by atoms with Crippen molar-refractivity contribution in [2.45, 2.75) is 19.3 Å². The summed E-state index contributed by atoms with van der Waals surface area (Å²) in [5.41, 5.74) is 7.78. The number of nitrogens with two attached hydrogens (primary N) is 1. The van der Waals surface area contributed by atoms with Gasteiger partial charge in [0, 0.05) is 17.8 Å². The van der Waals surface area contributed by atoms with Crippen LogP contribution < -0.4 is 11.1 Å². The smallest absolute Gasteiger partial charge is 0.135 e. The summed E-state index contributed by atoms with van der Waals surface area (Å²) in [4.78, 5) is 0.0803. The summed E-state index contributed by atoms with van der Waals surface area (Å²) in [6, 6.07) is 15.2. The number of hydrogen-bond donors (Lipinski definition) is 2. The van der Waals surface area contributed by atoms with Crippen LogP contribution in [0.25, 0.3) is 0 Å². The fraction of sp³-hybridized carbons (Fsp3) is 0.235. The van der Waals surface area contributed by atoms with E-state index >= 15 is 0 Å². The van der Waals surface area contributed by atoms with Crippen molar-refractivity contribution in [2.75, 3.05) is 11.9 Å². The zero-order valence-electron chi connectivity index (χ0n) is 12.0. The third-order valence-electron chi connectivity index (χ3n) is 3.51. The average molecular weight is 302 g/mol. The second kappa shape index (κ2) is 7.18. The summed E-state index contributed by atoms with van der Waals surface area (Å²) in [6.07, 6.45) is 0.975. The van der Waals surface area contributed by atoms with Crippen molar-refractivity contribution in [3.8, 4) is 0 Å². The Hall–Kier alpha value is -1.94. The van der Waals surface area contributed by atoms with Crippen molar-refractivity contribution in [1.29, 1.82) is 0 Å². The first kappa shape index (κ1) is 15.4. The van der Waals surface area contributed by atoms with Gasteiger partial charge in [0.1, 0.15) is 10.8 Å². The lowest BCUT2D eigenvalue weighted by atomic mass is 9.98. The first-order valence-corrected chi connectivity index (χ1v) is 7.37. The molecular weight excluding hydrogens is 283 g/mol. The molecule has 0 spiro atoms. The highest BCUT2D eigenvalue weighted by Gasteiger charge is 2.07. The van der Waals surface area contributed by atoms with Gasteiger partial charge in [-0.15, -0.1) is 0 Å². The molecule has 0 aliphatic rings. The van der Waals surface area contributed by atoms with Crippen LogP contribution in [0.15, 0.2) is 48.5 Å². The summed E-state index contributed by atoms with van der Waals surface area (Å²) in [5.74, 6) is 0.0723. The average Bonchev–Trinajstić information content (AvgIpc) is 2.47. The van der Waals surface area contributed by atoms with Crippen LogP contribution in [-0.4, -0.2) is 11.5 Å². The summed E-state index contributed by atoms with van der Waals surface area (Å²) < 4.78 is 13.7. The van der Waals surface area contributed by atoms with Gasteiger partial charge in [0.25, 0.3) is 0 Å². The minimum Gasteiger partial charge on any atom is -0.389 e. The zero-order valence-corrected chi connectivity index (χ0v) is 12.8. The van der Waals surface area contributed by atoms with Gasteiger partial charge in [-0.3, -0.25) is 0 Å². The number of halogens is 1. The Morgan fingerprint density at radius 1 is 1.24 bits per heavy atom. The summed E-state index contributed by atoms with van der Waals surface area (Å²) in [5, 5.41) is 3.23. The van der Waals surface area contributed by atoms with Gasteiger partial charge in [0.2, 0.25) is 0 Å². The number of rotatable bonds is 6. The molecule has 1 unspecified atom stereocenters. The molecule has 4 heteroatoms. The van der Waals surface area contributed by atoms with Gasteiger partial charge in [-0.1, -0.05) is 49.5 Å². The topological polar surface area (TPSA) is 38.0 Å². The maximum atomic E-state index is 13.7. The molecule has 2 rings (SSSR count). The molecule has 2 aromatic rings. The van der Waals surface area contributed by atoms with Crippen molar-refractivity contribution in [3.05, 3.63) is 65.5 Å². The van der Waals surface area contributed by atoms with E-state index in [2.05, 4.69) is 24.4 Å². The monoisotopic (exact) mass is 302 g/mol. The molecular formula is C17H19FN2S. The van der Waals surface area contributed by atoms with Crippen LogP contribution in [0.4, 0.5) is 10.1 Å². The summed E-state index contributed by atoms with van der Waals surface area (Å²) in [6.45, 7) is 2.97. The van der Waals surface area contributed by atoms with E-state index in [1.54, 1.807) is 12.1 Å². The molecule has 0 aromatic heterocycles. The third-order valence-corrected chi connectivity index (χ3v) is 3.73. The predicted molar refractivity (Wildman–Crippen MR) is 90.3 cm³/mol. The first-order chi connectivity index (χ1) is 10.1. The zero-order chi connectivity index (χ0) is 15.2. The van der Waals surface area contributed by atoms with Crippen LogP contribution >= 0.6 is 12.2 Å². The molecule has 0 aliphatic heterocycles. The van der Waals surface area contributed by atoms with E-state index in [1.165, 1.54) is 11.6 Å². The fourth-order valence-electron chi connectivity index (χ4n) is 2.21. The SMILES string of the molecule is CC(CCNc1ccc(C(N)=S)c(F)c1)c1ccccc1. The quantitative estimate of drug-likeness (QED) is 0.790. The standard InChI is InChI=1S/C17H19FN2S/c1-12(13-5-3-2-4-6-13)9-10-20-14-7-8-15(17(19)21)16(18)11-14/h2-8,11-12,20H,9-10H2,1H3,(H2,19,21). The van der Waals surface area contributed by atoms with Gasteiger partial charge in [0.05, 0.1) is 0 Å². The van der Waals surface area contributed by atoms with Crippen molar-refractivity contribution >= 4 is 22.9 Å². The molecule has 0 saturated carbocycles. The van der Waals surface area contributed by atoms with E-state index < -0.39 is 0 Å². The van der Waals surface area contributed by atoms with Gasteiger partial charge >= 0.3 is 0 Å².